The van der Waals surface area contributed by atoms with E-state index in [-0.39, 0.29) is 6.03 Å². The first-order valence-electron chi connectivity index (χ1n) is 7.84. The van der Waals surface area contributed by atoms with Gasteiger partial charge in [-0.1, -0.05) is 23.2 Å². The molecule has 0 saturated carbocycles. The van der Waals surface area contributed by atoms with E-state index in [0.717, 1.165) is 45.7 Å². The lowest BCUT2D eigenvalue weighted by Gasteiger charge is -2.34. The monoisotopic (exact) mass is 358 g/mol. The molecule has 0 radical (unpaired) electrons. The molecule has 1 aliphatic heterocycles. The van der Waals surface area contributed by atoms with E-state index in [2.05, 4.69) is 29.2 Å². The lowest BCUT2D eigenvalue weighted by Crippen LogP contribution is -2.50. The smallest absolute Gasteiger partial charge is 0.321 e. The summed E-state index contributed by atoms with van der Waals surface area (Å²) in [7, 11) is 4.17. The van der Waals surface area contributed by atoms with E-state index in [4.69, 9.17) is 23.2 Å². The fourth-order valence-corrected chi connectivity index (χ4v) is 2.91. The van der Waals surface area contributed by atoms with Gasteiger partial charge in [0.1, 0.15) is 0 Å². The summed E-state index contributed by atoms with van der Waals surface area (Å²) in [6, 6.07) is 4.93. The van der Waals surface area contributed by atoms with Gasteiger partial charge < -0.3 is 15.1 Å². The third kappa shape index (κ3) is 5.84. The van der Waals surface area contributed by atoms with Gasteiger partial charge in [0.05, 0.1) is 10.7 Å². The van der Waals surface area contributed by atoms with Crippen molar-refractivity contribution in [3.8, 4) is 0 Å². The minimum absolute atomic E-state index is 0.123. The molecule has 2 amide bonds. The van der Waals surface area contributed by atoms with Crippen LogP contribution >= 0.6 is 23.2 Å². The first kappa shape index (κ1) is 18.3. The number of benzene rings is 1. The molecule has 0 bridgehead atoms. The quantitative estimate of drug-likeness (QED) is 0.878. The standard InChI is InChI=1S/C16H24Cl2N4O/c1-20(2)6-3-7-21-8-10-22(11-9-21)16(23)19-15-12-13(17)4-5-14(15)18/h4-5,12H,3,6-11H2,1-2H3,(H,19,23). The van der Waals surface area contributed by atoms with Gasteiger partial charge in [-0.2, -0.15) is 0 Å². The number of halogens is 2. The average molecular weight is 359 g/mol. The number of anilines is 1. The maximum Gasteiger partial charge on any atom is 0.321 e. The average Bonchev–Trinajstić information content (AvgIpc) is 2.51. The van der Waals surface area contributed by atoms with E-state index in [1.54, 1.807) is 18.2 Å². The number of hydrogen-bond acceptors (Lipinski definition) is 3. The second kappa shape index (κ2) is 8.73. The highest BCUT2D eigenvalue weighted by molar-refractivity contribution is 6.35. The Labute approximate surface area is 148 Å². The van der Waals surface area contributed by atoms with E-state index >= 15 is 0 Å². The Kier molecular flexibility index (Phi) is 6.96. The zero-order valence-corrected chi connectivity index (χ0v) is 15.2. The predicted molar refractivity (Wildman–Crippen MR) is 96.7 cm³/mol. The summed E-state index contributed by atoms with van der Waals surface area (Å²) in [6.07, 6.45) is 1.15. The van der Waals surface area contributed by atoms with Crippen molar-refractivity contribution in [3.05, 3.63) is 28.2 Å². The molecule has 7 heteroatoms. The third-order valence-corrected chi connectivity index (χ3v) is 4.47. The highest BCUT2D eigenvalue weighted by atomic mass is 35.5. The third-order valence-electron chi connectivity index (χ3n) is 3.91. The first-order chi connectivity index (χ1) is 11.0. The SMILES string of the molecule is CN(C)CCCN1CCN(C(=O)Nc2cc(Cl)ccc2Cl)CC1. The lowest BCUT2D eigenvalue weighted by atomic mass is 10.3. The number of urea groups is 1. The molecular weight excluding hydrogens is 335 g/mol. The van der Waals surface area contributed by atoms with Gasteiger partial charge in [-0.3, -0.25) is 4.90 Å². The molecular formula is C16H24Cl2N4O. The largest absolute Gasteiger partial charge is 0.322 e. The highest BCUT2D eigenvalue weighted by Gasteiger charge is 2.21. The van der Waals surface area contributed by atoms with Crippen LogP contribution < -0.4 is 5.32 Å². The molecule has 5 nitrogen and oxygen atoms in total. The van der Waals surface area contributed by atoms with Crippen LogP contribution in [0.1, 0.15) is 6.42 Å². The van der Waals surface area contributed by atoms with Crippen LogP contribution in [0.2, 0.25) is 10.0 Å². The Bertz CT molecular complexity index is 531. The van der Waals surface area contributed by atoms with Gasteiger partial charge in [-0.25, -0.2) is 4.79 Å². The van der Waals surface area contributed by atoms with Crippen LogP contribution in [-0.4, -0.2) is 74.1 Å². The van der Waals surface area contributed by atoms with Gasteiger partial charge in [-0.15, -0.1) is 0 Å². The second-order valence-electron chi connectivity index (χ2n) is 6.04. The zero-order valence-electron chi connectivity index (χ0n) is 13.7. The van der Waals surface area contributed by atoms with E-state index in [9.17, 15) is 4.79 Å². The van der Waals surface area contributed by atoms with E-state index < -0.39 is 0 Å². The van der Waals surface area contributed by atoms with Crippen molar-refractivity contribution in [1.29, 1.82) is 0 Å². The fraction of sp³-hybridized carbons (Fsp3) is 0.562. The van der Waals surface area contributed by atoms with Crippen LogP contribution in [-0.2, 0) is 0 Å². The van der Waals surface area contributed by atoms with E-state index in [1.807, 2.05) is 4.90 Å². The minimum atomic E-state index is -0.123. The summed E-state index contributed by atoms with van der Waals surface area (Å²) in [4.78, 5) is 18.7. The van der Waals surface area contributed by atoms with Gasteiger partial charge in [0.25, 0.3) is 0 Å². The Morgan fingerprint density at radius 3 is 2.57 bits per heavy atom. The number of rotatable bonds is 5. The highest BCUT2D eigenvalue weighted by Crippen LogP contribution is 2.25. The number of nitrogens with zero attached hydrogens (tertiary/aromatic N) is 3. The molecule has 0 unspecified atom stereocenters. The fourth-order valence-electron chi connectivity index (χ4n) is 2.57. The topological polar surface area (TPSA) is 38.8 Å². The Morgan fingerprint density at radius 1 is 1.22 bits per heavy atom. The summed E-state index contributed by atoms with van der Waals surface area (Å²) < 4.78 is 0. The van der Waals surface area contributed by atoms with Crippen molar-refractivity contribution in [2.24, 2.45) is 0 Å². The van der Waals surface area contributed by atoms with Gasteiger partial charge in [0.2, 0.25) is 0 Å². The molecule has 128 valence electrons. The molecule has 1 aromatic rings. The molecule has 0 aromatic heterocycles. The summed E-state index contributed by atoms with van der Waals surface area (Å²) >= 11 is 12.0. The van der Waals surface area contributed by atoms with Crippen molar-refractivity contribution in [1.82, 2.24) is 14.7 Å². The maximum atomic E-state index is 12.3. The van der Waals surface area contributed by atoms with Gasteiger partial charge >= 0.3 is 6.03 Å². The lowest BCUT2D eigenvalue weighted by molar-refractivity contribution is 0.144. The first-order valence-corrected chi connectivity index (χ1v) is 8.59. The molecule has 1 fully saturated rings. The number of amides is 2. The maximum absolute atomic E-state index is 12.3. The Balaban J connectivity index is 1.78. The van der Waals surface area contributed by atoms with Crippen LogP contribution in [0, 0.1) is 0 Å². The molecule has 0 atom stereocenters. The van der Waals surface area contributed by atoms with E-state index in [1.165, 1.54) is 0 Å². The zero-order chi connectivity index (χ0) is 16.8. The number of carbonyl (C=O) groups excluding carboxylic acids is 1. The van der Waals surface area contributed by atoms with Crippen molar-refractivity contribution >= 4 is 34.9 Å². The molecule has 23 heavy (non-hydrogen) atoms. The second-order valence-corrected chi connectivity index (χ2v) is 6.88. The van der Waals surface area contributed by atoms with Crippen molar-refractivity contribution in [2.75, 3.05) is 58.7 Å². The summed E-state index contributed by atoms with van der Waals surface area (Å²) in [6.45, 7) is 5.44. The molecule has 2 rings (SSSR count). The molecule has 0 aliphatic carbocycles. The van der Waals surface area contributed by atoms with Crippen LogP contribution in [0.3, 0.4) is 0 Å². The molecule has 1 heterocycles. The molecule has 1 N–H and O–H groups in total. The predicted octanol–water partition coefficient (Wildman–Crippen LogP) is 3.09. The molecule has 0 spiro atoms. The van der Waals surface area contributed by atoms with Crippen molar-refractivity contribution in [3.63, 3.8) is 0 Å². The normalized spacial score (nSPS) is 16.0. The van der Waals surface area contributed by atoms with Crippen LogP contribution in [0.15, 0.2) is 18.2 Å². The number of carbonyl (C=O) groups is 1. The number of nitrogens with one attached hydrogen (secondary N) is 1. The molecule has 1 aromatic carbocycles. The number of piperazine rings is 1. The van der Waals surface area contributed by atoms with Crippen LogP contribution in [0.4, 0.5) is 10.5 Å². The van der Waals surface area contributed by atoms with Gasteiger partial charge in [-0.05, 0) is 51.8 Å². The van der Waals surface area contributed by atoms with Crippen molar-refractivity contribution in [2.45, 2.75) is 6.42 Å². The minimum Gasteiger partial charge on any atom is -0.322 e. The van der Waals surface area contributed by atoms with Crippen molar-refractivity contribution < 1.29 is 4.79 Å². The molecule has 1 aliphatic rings. The van der Waals surface area contributed by atoms with E-state index in [0.29, 0.717) is 15.7 Å². The summed E-state index contributed by atoms with van der Waals surface area (Å²) in [5.74, 6) is 0. The van der Waals surface area contributed by atoms with Gasteiger partial charge in [0.15, 0.2) is 0 Å². The summed E-state index contributed by atoms with van der Waals surface area (Å²) in [5, 5.41) is 3.88. The summed E-state index contributed by atoms with van der Waals surface area (Å²) in [5.41, 5.74) is 0.553. The number of hydrogen-bond donors (Lipinski definition) is 1. The van der Waals surface area contributed by atoms with Crippen LogP contribution in [0.25, 0.3) is 0 Å². The Hall–Kier alpha value is -1.01. The van der Waals surface area contributed by atoms with Gasteiger partial charge in [0, 0.05) is 31.2 Å². The molecule has 1 saturated heterocycles. The Morgan fingerprint density at radius 2 is 1.91 bits per heavy atom. The van der Waals surface area contributed by atoms with Crippen LogP contribution in [0.5, 0.6) is 0 Å².